The summed E-state index contributed by atoms with van der Waals surface area (Å²) in [5.74, 6) is 3.13. The Kier molecular flexibility index (Phi) is 3.67. The molecule has 0 bridgehead atoms. The Labute approximate surface area is 124 Å². The van der Waals surface area contributed by atoms with Crippen molar-refractivity contribution in [3.05, 3.63) is 29.6 Å². The lowest BCUT2D eigenvalue weighted by molar-refractivity contribution is 0.429. The second-order valence-electron chi connectivity index (χ2n) is 5.71. The minimum atomic E-state index is 0.576. The van der Waals surface area contributed by atoms with E-state index in [-0.39, 0.29) is 0 Å². The minimum Gasteiger partial charge on any atom is -0.328 e. The van der Waals surface area contributed by atoms with E-state index in [0.29, 0.717) is 17.4 Å². The van der Waals surface area contributed by atoms with Crippen LogP contribution in [0.5, 0.6) is 0 Å². The molecule has 1 atom stereocenters. The van der Waals surface area contributed by atoms with E-state index in [1.54, 1.807) is 0 Å². The van der Waals surface area contributed by atoms with Crippen LogP contribution in [0.4, 0.5) is 0 Å². The first-order valence-electron chi connectivity index (χ1n) is 7.18. The molecule has 1 unspecified atom stereocenters. The standard InChI is InChI=1S/C16H18ClN3/c1-11(13-3-4-13)10-20-15-8-12(9-18)2-5-14(15)19-16(20)6-7-17/h2,5,8,11,13H,3-4,6-7,10H2,1H3. The fourth-order valence-corrected chi connectivity index (χ4v) is 2.99. The van der Waals surface area contributed by atoms with Crippen molar-refractivity contribution in [3.8, 4) is 6.07 Å². The first-order chi connectivity index (χ1) is 9.72. The topological polar surface area (TPSA) is 41.6 Å². The van der Waals surface area contributed by atoms with Crippen LogP contribution in [0, 0.1) is 23.2 Å². The molecular weight excluding hydrogens is 270 g/mol. The summed E-state index contributed by atoms with van der Waals surface area (Å²) in [5, 5.41) is 9.08. The van der Waals surface area contributed by atoms with Crippen molar-refractivity contribution in [2.45, 2.75) is 32.7 Å². The van der Waals surface area contributed by atoms with Gasteiger partial charge in [0.1, 0.15) is 5.82 Å². The smallest absolute Gasteiger partial charge is 0.111 e. The fraction of sp³-hybridized carbons (Fsp3) is 0.500. The Morgan fingerprint density at radius 3 is 2.95 bits per heavy atom. The summed E-state index contributed by atoms with van der Waals surface area (Å²) in [7, 11) is 0. The van der Waals surface area contributed by atoms with Gasteiger partial charge in [0, 0.05) is 18.8 Å². The maximum absolute atomic E-state index is 9.08. The van der Waals surface area contributed by atoms with E-state index >= 15 is 0 Å². The summed E-state index contributed by atoms with van der Waals surface area (Å²) in [6.45, 7) is 3.28. The maximum Gasteiger partial charge on any atom is 0.111 e. The van der Waals surface area contributed by atoms with E-state index in [1.807, 2.05) is 18.2 Å². The summed E-state index contributed by atoms with van der Waals surface area (Å²) in [4.78, 5) is 4.68. The van der Waals surface area contributed by atoms with Gasteiger partial charge in [-0.15, -0.1) is 11.6 Å². The van der Waals surface area contributed by atoms with E-state index in [1.165, 1.54) is 12.8 Å². The van der Waals surface area contributed by atoms with Gasteiger partial charge in [0.05, 0.1) is 22.7 Å². The molecule has 0 spiro atoms. The summed E-state index contributed by atoms with van der Waals surface area (Å²) >= 11 is 5.90. The SMILES string of the molecule is CC(Cn1c(CCCl)nc2ccc(C#N)cc21)C1CC1. The predicted molar refractivity (Wildman–Crippen MR) is 80.8 cm³/mol. The molecule has 0 radical (unpaired) electrons. The second kappa shape index (κ2) is 5.46. The molecule has 3 nitrogen and oxygen atoms in total. The van der Waals surface area contributed by atoms with Crippen LogP contribution in [-0.2, 0) is 13.0 Å². The van der Waals surface area contributed by atoms with Crippen LogP contribution < -0.4 is 0 Å². The molecule has 3 rings (SSSR count). The molecule has 0 N–H and O–H groups in total. The van der Waals surface area contributed by atoms with Crippen LogP contribution in [0.25, 0.3) is 11.0 Å². The van der Waals surface area contributed by atoms with Gasteiger partial charge in [-0.2, -0.15) is 5.26 Å². The number of imidazole rings is 1. The number of nitriles is 1. The zero-order valence-electron chi connectivity index (χ0n) is 11.6. The molecule has 0 amide bonds. The van der Waals surface area contributed by atoms with Gasteiger partial charge in [-0.1, -0.05) is 6.92 Å². The molecule has 1 aliphatic carbocycles. The molecular formula is C16H18ClN3. The molecule has 1 heterocycles. The summed E-state index contributed by atoms with van der Waals surface area (Å²) in [6.07, 6.45) is 3.47. The van der Waals surface area contributed by atoms with E-state index in [4.69, 9.17) is 16.9 Å². The quantitative estimate of drug-likeness (QED) is 0.786. The fourth-order valence-electron chi connectivity index (χ4n) is 2.82. The van der Waals surface area contributed by atoms with Crippen molar-refractivity contribution in [2.24, 2.45) is 11.8 Å². The van der Waals surface area contributed by atoms with Crippen LogP contribution in [0.3, 0.4) is 0 Å². The molecule has 1 fully saturated rings. The highest BCUT2D eigenvalue weighted by Gasteiger charge is 2.28. The predicted octanol–water partition coefficient (Wildman–Crippen LogP) is 3.74. The van der Waals surface area contributed by atoms with Gasteiger partial charge in [0.25, 0.3) is 0 Å². The van der Waals surface area contributed by atoms with E-state index in [9.17, 15) is 0 Å². The average Bonchev–Trinajstić information content (AvgIpc) is 3.25. The molecule has 104 valence electrons. The average molecular weight is 288 g/mol. The van der Waals surface area contributed by atoms with Crippen LogP contribution in [0.2, 0.25) is 0 Å². The lowest BCUT2D eigenvalue weighted by atomic mass is 10.1. The van der Waals surface area contributed by atoms with Gasteiger partial charge in [-0.25, -0.2) is 4.98 Å². The number of halogens is 1. The van der Waals surface area contributed by atoms with Crippen LogP contribution in [0.1, 0.15) is 31.2 Å². The number of alkyl halides is 1. The molecule has 0 aliphatic heterocycles. The number of rotatable bonds is 5. The molecule has 1 aliphatic rings. The highest BCUT2D eigenvalue weighted by Crippen LogP contribution is 2.38. The third-order valence-corrected chi connectivity index (χ3v) is 4.36. The van der Waals surface area contributed by atoms with Gasteiger partial charge in [-0.3, -0.25) is 0 Å². The molecule has 0 saturated heterocycles. The molecule has 4 heteroatoms. The molecule has 1 aromatic carbocycles. The summed E-state index contributed by atoms with van der Waals surface area (Å²) < 4.78 is 2.27. The van der Waals surface area contributed by atoms with Gasteiger partial charge in [0.15, 0.2) is 0 Å². The van der Waals surface area contributed by atoms with Crippen molar-refractivity contribution in [3.63, 3.8) is 0 Å². The van der Waals surface area contributed by atoms with Crippen LogP contribution in [-0.4, -0.2) is 15.4 Å². The maximum atomic E-state index is 9.08. The number of hydrogen-bond donors (Lipinski definition) is 0. The third kappa shape index (κ3) is 2.53. The minimum absolute atomic E-state index is 0.576. The summed E-state index contributed by atoms with van der Waals surface area (Å²) in [5.41, 5.74) is 2.72. The number of benzene rings is 1. The Bertz CT molecular complexity index is 664. The lowest BCUT2D eigenvalue weighted by Crippen LogP contribution is -2.12. The van der Waals surface area contributed by atoms with E-state index < -0.39 is 0 Å². The second-order valence-corrected chi connectivity index (χ2v) is 6.09. The van der Waals surface area contributed by atoms with Gasteiger partial charge < -0.3 is 4.57 Å². The Morgan fingerprint density at radius 2 is 2.30 bits per heavy atom. The number of aryl methyl sites for hydroxylation is 1. The van der Waals surface area contributed by atoms with Crippen LogP contribution in [0.15, 0.2) is 18.2 Å². The summed E-state index contributed by atoms with van der Waals surface area (Å²) in [6, 6.07) is 7.92. The normalized spacial score (nSPS) is 16.2. The Balaban J connectivity index is 2.03. The molecule has 20 heavy (non-hydrogen) atoms. The highest BCUT2D eigenvalue weighted by molar-refractivity contribution is 6.17. The highest BCUT2D eigenvalue weighted by atomic mass is 35.5. The first kappa shape index (κ1) is 13.5. The van der Waals surface area contributed by atoms with Crippen molar-refractivity contribution in [1.29, 1.82) is 5.26 Å². The number of hydrogen-bond acceptors (Lipinski definition) is 2. The van der Waals surface area contributed by atoms with Gasteiger partial charge >= 0.3 is 0 Å². The van der Waals surface area contributed by atoms with E-state index in [2.05, 4.69) is 22.5 Å². The van der Waals surface area contributed by atoms with Crippen molar-refractivity contribution < 1.29 is 0 Å². The van der Waals surface area contributed by atoms with Crippen molar-refractivity contribution in [1.82, 2.24) is 9.55 Å². The molecule has 1 saturated carbocycles. The first-order valence-corrected chi connectivity index (χ1v) is 7.71. The number of nitrogens with zero attached hydrogens (tertiary/aromatic N) is 3. The Morgan fingerprint density at radius 1 is 1.50 bits per heavy atom. The molecule has 2 aromatic rings. The Hall–Kier alpha value is -1.53. The van der Waals surface area contributed by atoms with E-state index in [0.717, 1.165) is 35.7 Å². The van der Waals surface area contributed by atoms with Crippen LogP contribution >= 0.6 is 11.6 Å². The zero-order valence-corrected chi connectivity index (χ0v) is 12.4. The molecule has 1 aromatic heterocycles. The van der Waals surface area contributed by atoms with Gasteiger partial charge in [-0.05, 0) is 42.9 Å². The van der Waals surface area contributed by atoms with Crippen molar-refractivity contribution >= 4 is 22.6 Å². The number of fused-ring (bicyclic) bond motifs is 1. The monoisotopic (exact) mass is 287 g/mol. The largest absolute Gasteiger partial charge is 0.328 e. The zero-order chi connectivity index (χ0) is 14.1. The van der Waals surface area contributed by atoms with Gasteiger partial charge in [0.2, 0.25) is 0 Å². The third-order valence-electron chi connectivity index (χ3n) is 4.17. The number of aromatic nitrogens is 2. The van der Waals surface area contributed by atoms with Crippen molar-refractivity contribution in [2.75, 3.05) is 5.88 Å². The lowest BCUT2D eigenvalue weighted by Gasteiger charge is -2.14.